The van der Waals surface area contributed by atoms with Crippen LogP contribution < -0.4 is 0 Å². The van der Waals surface area contributed by atoms with Crippen LogP contribution in [0.25, 0.3) is 0 Å². The number of ether oxygens (including phenoxy) is 1. The van der Waals surface area contributed by atoms with Crippen LogP contribution in [0.4, 0.5) is 0 Å². The molecular weight excluding hydrogens is 244 g/mol. The molecule has 0 aromatic carbocycles. The molecular formula is C15H24O4. The summed E-state index contributed by atoms with van der Waals surface area (Å²) in [5, 5.41) is 9.80. The van der Waals surface area contributed by atoms with Crippen molar-refractivity contribution in [1.29, 1.82) is 0 Å². The first kappa shape index (κ1) is 15.9. The number of unbranched alkanes of at least 4 members (excludes halogenated alkanes) is 2. The Bertz CT molecular complexity index is 335. The Labute approximate surface area is 114 Å². The van der Waals surface area contributed by atoms with Crippen LogP contribution in [0, 0.1) is 11.8 Å². The summed E-state index contributed by atoms with van der Waals surface area (Å²) in [6.45, 7) is 2.12. The third-order valence-corrected chi connectivity index (χ3v) is 3.64. The number of carbonyl (C=O) groups excluding carboxylic acids is 2. The standard InChI is InChI=1S/C15H24O4/c1-3-4-5-6-12(16)9-7-11-8-10-13(17)14(11)15(18)19-2/h7,9,11-12,14,16H,3-6,8,10H2,1-2H3/t11-,12?,14+/m0/s1. The van der Waals surface area contributed by atoms with Gasteiger partial charge >= 0.3 is 5.97 Å². The average Bonchev–Trinajstić information content (AvgIpc) is 2.77. The summed E-state index contributed by atoms with van der Waals surface area (Å²) in [6, 6.07) is 0. The van der Waals surface area contributed by atoms with Crippen LogP contribution in [0.5, 0.6) is 0 Å². The van der Waals surface area contributed by atoms with E-state index in [-0.39, 0.29) is 11.7 Å². The van der Waals surface area contributed by atoms with E-state index in [1.54, 1.807) is 6.08 Å². The molecule has 0 saturated heterocycles. The van der Waals surface area contributed by atoms with E-state index in [0.29, 0.717) is 12.8 Å². The molecule has 0 aromatic heterocycles. The predicted molar refractivity (Wildman–Crippen MR) is 72.5 cm³/mol. The number of methoxy groups -OCH3 is 1. The first-order valence-electron chi connectivity index (χ1n) is 7.07. The third kappa shape index (κ3) is 4.78. The van der Waals surface area contributed by atoms with Gasteiger partial charge in [-0.3, -0.25) is 9.59 Å². The van der Waals surface area contributed by atoms with Gasteiger partial charge < -0.3 is 9.84 Å². The van der Waals surface area contributed by atoms with Gasteiger partial charge in [0.15, 0.2) is 0 Å². The molecule has 0 aliphatic heterocycles. The van der Waals surface area contributed by atoms with Crippen molar-refractivity contribution in [3.8, 4) is 0 Å². The zero-order valence-corrected chi connectivity index (χ0v) is 11.8. The highest BCUT2D eigenvalue weighted by molar-refractivity contribution is 6.01. The maximum absolute atomic E-state index is 11.6. The normalized spacial score (nSPS) is 24.9. The number of hydrogen-bond acceptors (Lipinski definition) is 4. The van der Waals surface area contributed by atoms with Crippen LogP contribution >= 0.6 is 0 Å². The fourth-order valence-corrected chi connectivity index (χ4v) is 2.48. The quantitative estimate of drug-likeness (QED) is 0.333. The number of esters is 1. The van der Waals surface area contributed by atoms with Crippen molar-refractivity contribution in [1.82, 2.24) is 0 Å². The number of ketones is 1. The number of aliphatic hydroxyl groups is 1. The molecule has 4 nitrogen and oxygen atoms in total. The molecule has 1 aliphatic carbocycles. The lowest BCUT2D eigenvalue weighted by Gasteiger charge is -2.13. The molecule has 1 aliphatic rings. The summed E-state index contributed by atoms with van der Waals surface area (Å²) in [6.07, 6.45) is 8.07. The minimum absolute atomic E-state index is 0.0537. The van der Waals surface area contributed by atoms with Crippen molar-refractivity contribution in [2.24, 2.45) is 11.8 Å². The molecule has 1 saturated carbocycles. The molecule has 0 spiro atoms. The maximum Gasteiger partial charge on any atom is 0.316 e. The molecule has 1 unspecified atom stereocenters. The third-order valence-electron chi connectivity index (χ3n) is 3.64. The highest BCUT2D eigenvalue weighted by Gasteiger charge is 2.39. The number of aliphatic hydroxyl groups excluding tert-OH is 1. The lowest BCUT2D eigenvalue weighted by molar-refractivity contribution is -0.149. The summed E-state index contributed by atoms with van der Waals surface area (Å²) in [4.78, 5) is 23.2. The van der Waals surface area contributed by atoms with Crippen molar-refractivity contribution < 1.29 is 19.4 Å². The zero-order chi connectivity index (χ0) is 14.3. The summed E-state index contributed by atoms with van der Waals surface area (Å²) in [7, 11) is 1.30. The second kappa shape index (κ2) is 8.10. The average molecular weight is 268 g/mol. The van der Waals surface area contributed by atoms with Gasteiger partial charge in [-0.15, -0.1) is 0 Å². The van der Waals surface area contributed by atoms with Gasteiger partial charge in [0, 0.05) is 6.42 Å². The molecule has 4 heteroatoms. The van der Waals surface area contributed by atoms with Crippen LogP contribution in [0.15, 0.2) is 12.2 Å². The van der Waals surface area contributed by atoms with Crippen LogP contribution in [0.2, 0.25) is 0 Å². The Hall–Kier alpha value is -1.16. The molecule has 0 heterocycles. The van der Waals surface area contributed by atoms with Crippen LogP contribution in [0.3, 0.4) is 0 Å². The molecule has 3 atom stereocenters. The van der Waals surface area contributed by atoms with E-state index < -0.39 is 18.0 Å². The van der Waals surface area contributed by atoms with Crippen molar-refractivity contribution in [2.75, 3.05) is 7.11 Å². The van der Waals surface area contributed by atoms with Crippen molar-refractivity contribution in [2.45, 2.75) is 51.6 Å². The zero-order valence-electron chi connectivity index (χ0n) is 11.8. The van der Waals surface area contributed by atoms with Gasteiger partial charge in [0.25, 0.3) is 0 Å². The molecule has 1 fully saturated rings. The molecule has 1 rings (SSSR count). The molecule has 1 N–H and O–H groups in total. The Morgan fingerprint density at radius 2 is 2.26 bits per heavy atom. The SMILES string of the molecule is CCCCCC(O)C=C[C@H]1CCC(=O)[C@@H]1C(=O)OC. The van der Waals surface area contributed by atoms with Crippen molar-refractivity contribution >= 4 is 11.8 Å². The lowest BCUT2D eigenvalue weighted by Crippen LogP contribution is -2.25. The summed E-state index contributed by atoms with van der Waals surface area (Å²) >= 11 is 0. The van der Waals surface area contributed by atoms with Crippen LogP contribution in [-0.4, -0.2) is 30.1 Å². The summed E-state index contributed by atoms with van der Waals surface area (Å²) < 4.78 is 4.66. The van der Waals surface area contributed by atoms with E-state index in [4.69, 9.17) is 0 Å². The van der Waals surface area contributed by atoms with Crippen molar-refractivity contribution in [3.63, 3.8) is 0 Å². The number of rotatable bonds is 7. The van der Waals surface area contributed by atoms with Gasteiger partial charge in [-0.2, -0.15) is 0 Å². The highest BCUT2D eigenvalue weighted by Crippen LogP contribution is 2.31. The highest BCUT2D eigenvalue weighted by atomic mass is 16.5. The smallest absolute Gasteiger partial charge is 0.316 e. The predicted octanol–water partition coefficient (Wildman–Crippen LogP) is 2.25. The van der Waals surface area contributed by atoms with Gasteiger partial charge in [0.05, 0.1) is 13.2 Å². The van der Waals surface area contributed by atoms with Gasteiger partial charge in [-0.05, 0) is 18.8 Å². The van der Waals surface area contributed by atoms with E-state index in [1.807, 2.05) is 6.08 Å². The topological polar surface area (TPSA) is 63.6 Å². The van der Waals surface area contributed by atoms with E-state index in [9.17, 15) is 14.7 Å². The number of carbonyl (C=O) groups is 2. The van der Waals surface area contributed by atoms with Gasteiger partial charge in [0.2, 0.25) is 0 Å². The van der Waals surface area contributed by atoms with Gasteiger partial charge in [0.1, 0.15) is 11.7 Å². The van der Waals surface area contributed by atoms with Crippen LogP contribution in [-0.2, 0) is 14.3 Å². The minimum atomic E-state index is -0.677. The first-order chi connectivity index (χ1) is 9.10. The molecule has 0 radical (unpaired) electrons. The summed E-state index contributed by atoms with van der Waals surface area (Å²) in [5.41, 5.74) is 0. The van der Waals surface area contributed by atoms with E-state index in [2.05, 4.69) is 11.7 Å². The van der Waals surface area contributed by atoms with Gasteiger partial charge in [-0.1, -0.05) is 38.3 Å². The molecule has 108 valence electrons. The monoisotopic (exact) mass is 268 g/mol. The minimum Gasteiger partial charge on any atom is -0.468 e. The van der Waals surface area contributed by atoms with Crippen molar-refractivity contribution in [3.05, 3.63) is 12.2 Å². The number of allylic oxidation sites excluding steroid dienone is 1. The number of hydrogen-bond donors (Lipinski definition) is 1. The molecule has 0 amide bonds. The molecule has 19 heavy (non-hydrogen) atoms. The Morgan fingerprint density at radius 1 is 1.53 bits per heavy atom. The Kier molecular flexibility index (Phi) is 6.78. The molecule has 0 bridgehead atoms. The fourth-order valence-electron chi connectivity index (χ4n) is 2.48. The lowest BCUT2D eigenvalue weighted by atomic mass is 9.94. The molecule has 0 aromatic rings. The van der Waals surface area contributed by atoms with Crippen LogP contribution in [0.1, 0.15) is 45.4 Å². The summed E-state index contributed by atoms with van der Waals surface area (Å²) in [5.74, 6) is -1.32. The van der Waals surface area contributed by atoms with E-state index in [1.165, 1.54) is 7.11 Å². The second-order valence-electron chi connectivity index (χ2n) is 5.12. The van der Waals surface area contributed by atoms with E-state index in [0.717, 1.165) is 25.7 Å². The fraction of sp³-hybridized carbons (Fsp3) is 0.733. The maximum atomic E-state index is 11.6. The Morgan fingerprint density at radius 3 is 2.89 bits per heavy atom. The Balaban J connectivity index is 2.50. The number of Topliss-reactive ketones (excluding diaryl/α,β-unsaturated/α-hetero) is 1. The first-order valence-corrected chi connectivity index (χ1v) is 7.07. The largest absolute Gasteiger partial charge is 0.468 e. The van der Waals surface area contributed by atoms with Gasteiger partial charge in [-0.25, -0.2) is 0 Å². The second-order valence-corrected chi connectivity index (χ2v) is 5.12. The van der Waals surface area contributed by atoms with E-state index >= 15 is 0 Å².